The highest BCUT2D eigenvalue weighted by Gasteiger charge is 2.13. The van der Waals surface area contributed by atoms with Crippen molar-refractivity contribution in [1.29, 1.82) is 0 Å². The SMILES string of the molecule is O=C(O)c1ccc2nnn(-c3cccc(Cl)c3Cl)c2c1. The number of nitrogens with zero attached hydrogens (tertiary/aromatic N) is 3. The van der Waals surface area contributed by atoms with Crippen molar-refractivity contribution in [2.45, 2.75) is 0 Å². The van der Waals surface area contributed by atoms with Gasteiger partial charge in [0.15, 0.2) is 0 Å². The number of halogens is 2. The summed E-state index contributed by atoms with van der Waals surface area (Å²) in [5.41, 5.74) is 1.82. The molecular formula is C13H7Cl2N3O2. The first-order valence-electron chi connectivity index (χ1n) is 5.61. The van der Waals surface area contributed by atoms with Gasteiger partial charge in [-0.3, -0.25) is 0 Å². The maximum atomic E-state index is 11.0. The second-order valence-electron chi connectivity index (χ2n) is 4.08. The summed E-state index contributed by atoms with van der Waals surface area (Å²) in [6, 6.07) is 9.70. The molecule has 0 amide bonds. The lowest BCUT2D eigenvalue weighted by Gasteiger charge is -2.06. The van der Waals surface area contributed by atoms with Crippen molar-refractivity contribution in [1.82, 2.24) is 15.0 Å². The Balaban J connectivity index is 2.28. The van der Waals surface area contributed by atoms with Crippen molar-refractivity contribution in [2.75, 3.05) is 0 Å². The number of hydrogen-bond donors (Lipinski definition) is 1. The first-order valence-corrected chi connectivity index (χ1v) is 6.36. The molecule has 5 nitrogen and oxygen atoms in total. The number of rotatable bonds is 2. The van der Waals surface area contributed by atoms with Gasteiger partial charge in [-0.05, 0) is 30.3 Å². The highest BCUT2D eigenvalue weighted by atomic mass is 35.5. The van der Waals surface area contributed by atoms with Gasteiger partial charge in [0.25, 0.3) is 0 Å². The fraction of sp³-hybridized carbons (Fsp3) is 0. The van der Waals surface area contributed by atoms with Gasteiger partial charge in [0, 0.05) is 0 Å². The smallest absolute Gasteiger partial charge is 0.335 e. The Morgan fingerprint density at radius 3 is 2.75 bits per heavy atom. The Labute approximate surface area is 123 Å². The molecule has 0 radical (unpaired) electrons. The van der Waals surface area contributed by atoms with Crippen LogP contribution in [-0.2, 0) is 0 Å². The number of aromatic carboxylic acids is 1. The van der Waals surface area contributed by atoms with Crippen LogP contribution in [0.2, 0.25) is 10.0 Å². The average molecular weight is 308 g/mol. The van der Waals surface area contributed by atoms with Gasteiger partial charge in [-0.1, -0.05) is 34.5 Å². The normalized spacial score (nSPS) is 10.9. The minimum absolute atomic E-state index is 0.152. The van der Waals surface area contributed by atoms with Crippen LogP contribution in [0.5, 0.6) is 0 Å². The number of aromatic nitrogens is 3. The van der Waals surface area contributed by atoms with Gasteiger partial charge >= 0.3 is 5.97 Å². The Morgan fingerprint density at radius 1 is 1.20 bits per heavy atom. The summed E-state index contributed by atoms with van der Waals surface area (Å²) in [6.45, 7) is 0. The molecule has 0 saturated carbocycles. The molecule has 20 heavy (non-hydrogen) atoms. The van der Waals surface area contributed by atoms with Crippen LogP contribution in [0.1, 0.15) is 10.4 Å². The zero-order valence-corrected chi connectivity index (χ0v) is 11.4. The number of carbonyl (C=O) groups is 1. The second kappa shape index (κ2) is 4.77. The van der Waals surface area contributed by atoms with Crippen LogP contribution >= 0.6 is 23.2 Å². The fourth-order valence-corrected chi connectivity index (χ4v) is 2.26. The molecule has 1 aromatic heterocycles. The Hall–Kier alpha value is -2.11. The van der Waals surface area contributed by atoms with Crippen LogP contribution < -0.4 is 0 Å². The van der Waals surface area contributed by atoms with E-state index in [1.54, 1.807) is 24.3 Å². The summed E-state index contributed by atoms with van der Waals surface area (Å²) in [5, 5.41) is 17.8. The second-order valence-corrected chi connectivity index (χ2v) is 4.87. The Bertz CT molecular complexity index is 830. The van der Waals surface area contributed by atoms with Gasteiger partial charge in [0.1, 0.15) is 5.52 Å². The lowest BCUT2D eigenvalue weighted by Crippen LogP contribution is -2.00. The third kappa shape index (κ3) is 2.01. The molecule has 0 aliphatic rings. The summed E-state index contributed by atoms with van der Waals surface area (Å²) in [7, 11) is 0. The average Bonchev–Trinajstić information content (AvgIpc) is 2.84. The van der Waals surface area contributed by atoms with E-state index in [4.69, 9.17) is 28.3 Å². The molecule has 0 spiro atoms. The third-order valence-corrected chi connectivity index (χ3v) is 3.66. The standard InChI is InChI=1S/C13H7Cl2N3O2/c14-8-2-1-3-10(12(8)15)18-11-6-7(13(19)20)4-5-9(11)16-17-18/h1-6H,(H,19,20). The molecule has 3 aromatic rings. The van der Waals surface area contributed by atoms with Crippen molar-refractivity contribution in [2.24, 2.45) is 0 Å². The monoisotopic (exact) mass is 307 g/mol. The van der Waals surface area contributed by atoms with Crippen molar-refractivity contribution in [3.63, 3.8) is 0 Å². The van der Waals surface area contributed by atoms with Crippen LogP contribution in [0.4, 0.5) is 0 Å². The molecular weight excluding hydrogens is 301 g/mol. The van der Waals surface area contributed by atoms with E-state index in [2.05, 4.69) is 10.3 Å². The minimum atomic E-state index is -1.02. The van der Waals surface area contributed by atoms with E-state index in [0.29, 0.717) is 26.8 Å². The van der Waals surface area contributed by atoms with E-state index >= 15 is 0 Å². The molecule has 2 aromatic carbocycles. The summed E-state index contributed by atoms with van der Waals surface area (Å²) in [4.78, 5) is 11.0. The van der Waals surface area contributed by atoms with E-state index in [-0.39, 0.29) is 5.56 Å². The minimum Gasteiger partial charge on any atom is -0.478 e. The molecule has 1 N–H and O–H groups in total. The van der Waals surface area contributed by atoms with E-state index in [9.17, 15) is 4.79 Å². The molecule has 0 fully saturated rings. The Kier molecular flexibility index (Phi) is 3.08. The summed E-state index contributed by atoms with van der Waals surface area (Å²) in [6.07, 6.45) is 0. The molecule has 1 heterocycles. The summed E-state index contributed by atoms with van der Waals surface area (Å²) in [5.74, 6) is -1.02. The third-order valence-electron chi connectivity index (χ3n) is 2.85. The number of benzene rings is 2. The van der Waals surface area contributed by atoms with Crippen molar-refractivity contribution < 1.29 is 9.90 Å². The van der Waals surface area contributed by atoms with E-state index < -0.39 is 5.97 Å². The van der Waals surface area contributed by atoms with E-state index in [1.807, 2.05) is 0 Å². The van der Waals surface area contributed by atoms with Crippen LogP contribution in [-0.4, -0.2) is 26.1 Å². The molecule has 0 saturated heterocycles. The van der Waals surface area contributed by atoms with Crippen LogP contribution in [0.25, 0.3) is 16.7 Å². The highest BCUT2D eigenvalue weighted by Crippen LogP contribution is 2.29. The van der Waals surface area contributed by atoms with Gasteiger partial charge < -0.3 is 5.11 Å². The van der Waals surface area contributed by atoms with Crippen LogP contribution in [0.15, 0.2) is 36.4 Å². The summed E-state index contributed by atoms with van der Waals surface area (Å²) >= 11 is 12.1. The van der Waals surface area contributed by atoms with Gasteiger partial charge in [0.05, 0.1) is 26.8 Å². The molecule has 3 rings (SSSR count). The van der Waals surface area contributed by atoms with Crippen LogP contribution in [0, 0.1) is 0 Å². The molecule has 0 atom stereocenters. The maximum absolute atomic E-state index is 11.0. The molecule has 0 aliphatic heterocycles. The quantitative estimate of drug-likeness (QED) is 0.787. The van der Waals surface area contributed by atoms with Gasteiger partial charge in [-0.25, -0.2) is 9.48 Å². The first-order chi connectivity index (χ1) is 9.58. The molecule has 0 unspecified atom stereocenters. The zero-order chi connectivity index (χ0) is 14.3. The molecule has 0 aliphatic carbocycles. The number of fused-ring (bicyclic) bond motifs is 1. The van der Waals surface area contributed by atoms with Gasteiger partial charge in [0.2, 0.25) is 0 Å². The van der Waals surface area contributed by atoms with E-state index in [1.165, 1.54) is 16.8 Å². The van der Waals surface area contributed by atoms with Crippen molar-refractivity contribution in [3.05, 3.63) is 52.0 Å². The number of carboxylic acid groups (broad SMARTS) is 1. The number of carboxylic acids is 1. The van der Waals surface area contributed by atoms with E-state index in [0.717, 1.165) is 0 Å². The van der Waals surface area contributed by atoms with Gasteiger partial charge in [-0.2, -0.15) is 0 Å². The van der Waals surface area contributed by atoms with Crippen molar-refractivity contribution in [3.8, 4) is 5.69 Å². The lowest BCUT2D eigenvalue weighted by atomic mass is 10.2. The summed E-state index contributed by atoms with van der Waals surface area (Å²) < 4.78 is 1.47. The van der Waals surface area contributed by atoms with Gasteiger partial charge in [-0.15, -0.1) is 5.10 Å². The number of hydrogen-bond acceptors (Lipinski definition) is 3. The maximum Gasteiger partial charge on any atom is 0.335 e. The largest absolute Gasteiger partial charge is 0.478 e. The highest BCUT2D eigenvalue weighted by molar-refractivity contribution is 6.43. The predicted molar refractivity (Wildman–Crippen MR) is 75.8 cm³/mol. The Morgan fingerprint density at radius 2 is 2.00 bits per heavy atom. The van der Waals surface area contributed by atoms with Crippen LogP contribution in [0.3, 0.4) is 0 Å². The molecule has 0 bridgehead atoms. The molecule has 100 valence electrons. The topological polar surface area (TPSA) is 68.0 Å². The zero-order valence-electron chi connectivity index (χ0n) is 9.92. The van der Waals surface area contributed by atoms with Crippen molar-refractivity contribution >= 4 is 40.2 Å². The predicted octanol–water partition coefficient (Wildman–Crippen LogP) is 3.43. The fourth-order valence-electron chi connectivity index (χ4n) is 1.89. The molecule has 7 heteroatoms. The lowest BCUT2D eigenvalue weighted by molar-refractivity contribution is 0.0697. The first kappa shape index (κ1) is 12.9.